The lowest BCUT2D eigenvalue weighted by Gasteiger charge is -2.13. The molecule has 0 saturated heterocycles. The number of carbonyl (C=O) groups excluding carboxylic acids is 1. The second-order valence-electron chi connectivity index (χ2n) is 5.08. The normalized spacial score (nSPS) is 10.5. The van der Waals surface area contributed by atoms with Crippen molar-refractivity contribution in [2.24, 2.45) is 0 Å². The molecule has 3 rings (SSSR count). The van der Waals surface area contributed by atoms with E-state index in [0.29, 0.717) is 23.7 Å². The lowest BCUT2D eigenvalue weighted by atomic mass is 10.0. The molecule has 3 aromatic carbocycles. The summed E-state index contributed by atoms with van der Waals surface area (Å²) in [6, 6.07) is 17.4. The van der Waals surface area contributed by atoms with Crippen LogP contribution in [-0.2, 0) is 6.61 Å². The highest BCUT2D eigenvalue weighted by molar-refractivity contribution is 9.10. The molecule has 3 aromatic rings. The molecule has 0 amide bonds. The lowest BCUT2D eigenvalue weighted by molar-refractivity contribution is 0.112. The Kier molecular flexibility index (Phi) is 4.63. The Labute approximate surface area is 143 Å². The van der Waals surface area contributed by atoms with Gasteiger partial charge < -0.3 is 9.47 Å². The van der Waals surface area contributed by atoms with Gasteiger partial charge in [-0.15, -0.1) is 0 Å². The van der Waals surface area contributed by atoms with Crippen LogP contribution in [-0.4, -0.2) is 13.4 Å². The zero-order chi connectivity index (χ0) is 16.2. The van der Waals surface area contributed by atoms with Gasteiger partial charge in [0.2, 0.25) is 0 Å². The maximum atomic E-state index is 11.4. The van der Waals surface area contributed by atoms with Crippen molar-refractivity contribution >= 4 is 33.0 Å². The van der Waals surface area contributed by atoms with Crippen molar-refractivity contribution < 1.29 is 14.3 Å². The van der Waals surface area contributed by atoms with Crippen LogP contribution < -0.4 is 9.47 Å². The molecular formula is C19H15BrO3. The number of carbonyl (C=O) groups is 1. The van der Waals surface area contributed by atoms with Gasteiger partial charge >= 0.3 is 0 Å². The Bertz CT molecular complexity index is 844. The molecule has 0 spiro atoms. The molecule has 0 bridgehead atoms. The number of halogens is 1. The molecule has 0 aliphatic carbocycles. The van der Waals surface area contributed by atoms with E-state index < -0.39 is 0 Å². The van der Waals surface area contributed by atoms with Gasteiger partial charge in [-0.1, -0.05) is 52.3 Å². The SMILES string of the molecule is COc1cc2ccc(Br)c(C=O)c2cc1OCc1ccccc1. The summed E-state index contributed by atoms with van der Waals surface area (Å²) in [5, 5.41) is 1.76. The highest BCUT2D eigenvalue weighted by Crippen LogP contribution is 2.36. The van der Waals surface area contributed by atoms with E-state index in [0.717, 1.165) is 27.1 Å². The van der Waals surface area contributed by atoms with Gasteiger partial charge in [-0.2, -0.15) is 0 Å². The second kappa shape index (κ2) is 6.84. The lowest BCUT2D eigenvalue weighted by Crippen LogP contribution is -1.98. The van der Waals surface area contributed by atoms with E-state index >= 15 is 0 Å². The number of hydrogen-bond donors (Lipinski definition) is 0. The van der Waals surface area contributed by atoms with Crippen LogP contribution in [0.1, 0.15) is 15.9 Å². The van der Waals surface area contributed by atoms with Crippen molar-refractivity contribution in [2.75, 3.05) is 7.11 Å². The van der Waals surface area contributed by atoms with Crippen LogP contribution in [0, 0.1) is 0 Å². The molecule has 0 aliphatic rings. The molecule has 0 saturated carbocycles. The minimum atomic E-state index is 0.438. The van der Waals surface area contributed by atoms with Crippen LogP contribution >= 0.6 is 15.9 Å². The fraction of sp³-hybridized carbons (Fsp3) is 0.105. The van der Waals surface area contributed by atoms with Gasteiger partial charge in [0, 0.05) is 10.0 Å². The average Bonchev–Trinajstić information content (AvgIpc) is 2.60. The van der Waals surface area contributed by atoms with Crippen LogP contribution in [0.15, 0.2) is 59.1 Å². The third-order valence-corrected chi connectivity index (χ3v) is 4.34. The molecule has 0 atom stereocenters. The number of fused-ring (bicyclic) bond motifs is 1. The highest BCUT2D eigenvalue weighted by atomic mass is 79.9. The van der Waals surface area contributed by atoms with Crippen molar-refractivity contribution in [3.8, 4) is 11.5 Å². The molecule has 0 aromatic heterocycles. The predicted octanol–water partition coefficient (Wildman–Crippen LogP) is 5.00. The Balaban J connectivity index is 2.02. The van der Waals surface area contributed by atoms with Crippen molar-refractivity contribution in [1.82, 2.24) is 0 Å². The summed E-state index contributed by atoms with van der Waals surface area (Å²) in [6.07, 6.45) is 0.847. The van der Waals surface area contributed by atoms with Gasteiger partial charge in [0.1, 0.15) is 6.61 Å². The van der Waals surface area contributed by atoms with E-state index in [4.69, 9.17) is 9.47 Å². The third kappa shape index (κ3) is 3.22. The summed E-state index contributed by atoms with van der Waals surface area (Å²) in [5.41, 5.74) is 1.68. The fourth-order valence-corrected chi connectivity index (χ4v) is 2.89. The summed E-state index contributed by atoms with van der Waals surface area (Å²) in [6.45, 7) is 0.438. The van der Waals surface area contributed by atoms with E-state index in [-0.39, 0.29) is 0 Å². The van der Waals surface area contributed by atoms with Crippen LogP contribution in [0.3, 0.4) is 0 Å². The molecule has 0 heterocycles. The standard InChI is InChI=1S/C19H15BrO3/c1-22-18-9-14-7-8-17(20)16(11-21)15(14)10-19(18)23-12-13-5-3-2-4-6-13/h2-11H,12H2,1H3. The summed E-state index contributed by atoms with van der Waals surface area (Å²) in [5.74, 6) is 1.26. The number of ether oxygens (including phenoxy) is 2. The Morgan fingerprint density at radius 1 is 1.04 bits per heavy atom. The molecule has 116 valence electrons. The van der Waals surface area contributed by atoms with E-state index in [1.54, 1.807) is 7.11 Å². The molecule has 3 nitrogen and oxygen atoms in total. The van der Waals surface area contributed by atoms with E-state index in [2.05, 4.69) is 15.9 Å². The maximum absolute atomic E-state index is 11.4. The monoisotopic (exact) mass is 370 g/mol. The maximum Gasteiger partial charge on any atom is 0.162 e. The Morgan fingerprint density at radius 2 is 1.83 bits per heavy atom. The number of benzene rings is 3. The highest BCUT2D eigenvalue weighted by Gasteiger charge is 2.12. The van der Waals surface area contributed by atoms with Crippen LogP contribution in [0.4, 0.5) is 0 Å². The summed E-state index contributed by atoms with van der Waals surface area (Å²) < 4.78 is 12.1. The van der Waals surface area contributed by atoms with Crippen molar-refractivity contribution in [1.29, 1.82) is 0 Å². The van der Waals surface area contributed by atoms with E-state index in [1.807, 2.05) is 54.6 Å². The van der Waals surface area contributed by atoms with Crippen molar-refractivity contribution in [2.45, 2.75) is 6.61 Å². The van der Waals surface area contributed by atoms with E-state index in [9.17, 15) is 4.79 Å². The number of aldehydes is 1. The van der Waals surface area contributed by atoms with Gasteiger partial charge in [-0.25, -0.2) is 0 Å². The largest absolute Gasteiger partial charge is 0.493 e. The molecular weight excluding hydrogens is 356 g/mol. The van der Waals surface area contributed by atoms with Gasteiger partial charge in [0.25, 0.3) is 0 Å². The van der Waals surface area contributed by atoms with Gasteiger partial charge in [0.05, 0.1) is 7.11 Å². The molecule has 0 unspecified atom stereocenters. The van der Waals surface area contributed by atoms with Gasteiger partial charge in [-0.3, -0.25) is 4.79 Å². The molecule has 0 fully saturated rings. The summed E-state index contributed by atoms with van der Waals surface area (Å²) in [4.78, 5) is 11.4. The minimum Gasteiger partial charge on any atom is -0.493 e. The summed E-state index contributed by atoms with van der Waals surface area (Å²) in [7, 11) is 1.61. The molecule has 0 aliphatic heterocycles. The first-order chi connectivity index (χ1) is 11.2. The molecule has 4 heteroatoms. The third-order valence-electron chi connectivity index (χ3n) is 3.65. The minimum absolute atomic E-state index is 0.438. The number of rotatable bonds is 5. The fourth-order valence-electron chi connectivity index (χ4n) is 2.46. The first kappa shape index (κ1) is 15.6. The van der Waals surface area contributed by atoms with Crippen molar-refractivity contribution in [3.05, 3.63) is 70.2 Å². The zero-order valence-corrected chi connectivity index (χ0v) is 14.2. The van der Waals surface area contributed by atoms with Gasteiger partial charge in [0.15, 0.2) is 17.8 Å². The summed E-state index contributed by atoms with van der Waals surface area (Å²) >= 11 is 3.41. The number of hydrogen-bond acceptors (Lipinski definition) is 3. The Hall–Kier alpha value is -2.33. The van der Waals surface area contributed by atoms with E-state index in [1.165, 1.54) is 0 Å². The van der Waals surface area contributed by atoms with Crippen LogP contribution in [0.5, 0.6) is 11.5 Å². The zero-order valence-electron chi connectivity index (χ0n) is 12.6. The Morgan fingerprint density at radius 3 is 2.52 bits per heavy atom. The van der Waals surface area contributed by atoms with Crippen LogP contribution in [0.25, 0.3) is 10.8 Å². The quantitative estimate of drug-likeness (QED) is 0.592. The second-order valence-corrected chi connectivity index (χ2v) is 5.93. The molecule has 23 heavy (non-hydrogen) atoms. The first-order valence-electron chi connectivity index (χ1n) is 7.15. The average molecular weight is 371 g/mol. The van der Waals surface area contributed by atoms with Gasteiger partial charge in [-0.05, 0) is 34.5 Å². The number of methoxy groups -OCH3 is 1. The van der Waals surface area contributed by atoms with Crippen molar-refractivity contribution in [3.63, 3.8) is 0 Å². The predicted molar refractivity (Wildman–Crippen MR) is 94.4 cm³/mol. The smallest absolute Gasteiger partial charge is 0.162 e. The molecule has 0 radical (unpaired) electrons. The van der Waals surface area contributed by atoms with Crippen LogP contribution in [0.2, 0.25) is 0 Å². The first-order valence-corrected chi connectivity index (χ1v) is 7.94. The topological polar surface area (TPSA) is 35.5 Å². The molecule has 0 N–H and O–H groups in total.